The monoisotopic (exact) mass is 434 g/mol. The number of para-hydroxylation sites is 1. The molecule has 10 heteroatoms. The first kappa shape index (κ1) is 19.8. The van der Waals surface area contributed by atoms with Crippen LogP contribution in [0.25, 0.3) is 10.2 Å². The first-order chi connectivity index (χ1) is 13.9. The molecule has 154 valence electrons. The molecule has 4 rings (SSSR count). The Balaban J connectivity index is 1.93. The fraction of sp³-hybridized carbons (Fsp3) is 0.263. The van der Waals surface area contributed by atoms with Crippen LogP contribution in [0.5, 0.6) is 5.75 Å². The Labute approximate surface area is 173 Å². The summed E-state index contributed by atoms with van der Waals surface area (Å²) in [4.78, 5) is 13.6. The summed E-state index contributed by atoms with van der Waals surface area (Å²) in [5.41, 5.74) is 3.60. The van der Waals surface area contributed by atoms with Gasteiger partial charge in [0.2, 0.25) is 0 Å². The number of hydrogen-bond acceptors (Lipinski definition) is 8. The molecule has 2 aromatic heterocycles. The summed E-state index contributed by atoms with van der Waals surface area (Å²) < 4.78 is 27.0. The Hall–Kier alpha value is -2.53. The van der Waals surface area contributed by atoms with Crippen LogP contribution in [0.1, 0.15) is 32.3 Å². The molecule has 0 amide bonds. The molecule has 0 atom stereocenters. The van der Waals surface area contributed by atoms with E-state index in [2.05, 4.69) is 15.1 Å². The number of amidine groups is 1. The second-order valence-electron chi connectivity index (χ2n) is 6.72. The molecule has 1 aromatic carbocycles. The van der Waals surface area contributed by atoms with E-state index in [-0.39, 0.29) is 28.1 Å². The molecular weight excluding hydrogens is 412 g/mol. The van der Waals surface area contributed by atoms with Gasteiger partial charge in [-0.3, -0.25) is 13.9 Å². The van der Waals surface area contributed by atoms with Crippen LogP contribution in [0.15, 0.2) is 49.8 Å². The topological polar surface area (TPSA) is 119 Å². The van der Waals surface area contributed by atoms with E-state index >= 15 is 0 Å². The lowest BCUT2D eigenvalue weighted by atomic mass is 10.2. The predicted molar refractivity (Wildman–Crippen MR) is 119 cm³/mol. The van der Waals surface area contributed by atoms with Crippen molar-refractivity contribution in [3.63, 3.8) is 0 Å². The van der Waals surface area contributed by atoms with Crippen LogP contribution in [0.4, 0.5) is 5.69 Å². The van der Waals surface area contributed by atoms with E-state index in [0.29, 0.717) is 15.9 Å². The van der Waals surface area contributed by atoms with Gasteiger partial charge in [-0.25, -0.2) is 4.68 Å². The van der Waals surface area contributed by atoms with Crippen LogP contribution >= 0.6 is 22.1 Å². The van der Waals surface area contributed by atoms with Crippen molar-refractivity contribution in [1.82, 2.24) is 4.68 Å². The van der Waals surface area contributed by atoms with E-state index in [1.165, 1.54) is 16.0 Å². The lowest BCUT2D eigenvalue weighted by Gasteiger charge is -2.34. The first-order valence-corrected chi connectivity index (χ1v) is 11.6. The third kappa shape index (κ3) is 3.27. The van der Waals surface area contributed by atoms with Gasteiger partial charge in [0.15, 0.2) is 11.6 Å². The van der Waals surface area contributed by atoms with E-state index in [0.717, 1.165) is 12.8 Å². The number of benzene rings is 1. The lowest BCUT2D eigenvalue weighted by molar-refractivity contribution is 0.478. The van der Waals surface area contributed by atoms with Crippen molar-refractivity contribution < 1.29 is 14.2 Å². The van der Waals surface area contributed by atoms with Crippen molar-refractivity contribution in [3.8, 4) is 5.75 Å². The second kappa shape index (κ2) is 7.38. The van der Waals surface area contributed by atoms with Gasteiger partial charge in [-0.2, -0.15) is 0 Å². The Morgan fingerprint density at radius 3 is 2.69 bits per heavy atom. The molecule has 0 radical (unpaired) electrons. The molecule has 5 N–H and O–H groups in total. The molecule has 0 aliphatic carbocycles. The molecule has 0 saturated heterocycles. The van der Waals surface area contributed by atoms with E-state index in [1.54, 1.807) is 35.7 Å². The maximum atomic E-state index is 13.4. The van der Waals surface area contributed by atoms with Crippen molar-refractivity contribution in [2.45, 2.75) is 37.6 Å². The number of aromatic hydroxyl groups is 1. The molecule has 3 aromatic rings. The summed E-state index contributed by atoms with van der Waals surface area (Å²) in [6.45, 7) is 4.05. The number of thiophene rings is 1. The van der Waals surface area contributed by atoms with Gasteiger partial charge in [-0.1, -0.05) is 36.8 Å². The van der Waals surface area contributed by atoms with Crippen molar-refractivity contribution >= 4 is 43.9 Å². The van der Waals surface area contributed by atoms with E-state index < -0.39 is 16.3 Å². The van der Waals surface area contributed by atoms with Gasteiger partial charge in [0.25, 0.3) is 5.56 Å². The minimum Gasteiger partial charge on any atom is -0.505 e. The maximum Gasteiger partial charge on any atom is 0.284 e. The van der Waals surface area contributed by atoms with Crippen molar-refractivity contribution in [2.75, 3.05) is 10.7 Å². The molecule has 0 fully saturated rings. The Morgan fingerprint density at radius 1 is 1.24 bits per heavy atom. The number of nitrogens with zero attached hydrogens (tertiary/aromatic N) is 2. The molecule has 3 heterocycles. The first-order valence-electron chi connectivity index (χ1n) is 9.23. The van der Waals surface area contributed by atoms with Gasteiger partial charge >= 0.3 is 0 Å². The second-order valence-corrected chi connectivity index (χ2v) is 9.30. The van der Waals surface area contributed by atoms with Crippen molar-refractivity contribution in [2.24, 2.45) is 4.40 Å². The number of pyridine rings is 1. The van der Waals surface area contributed by atoms with Crippen LogP contribution in [0.3, 0.4) is 0 Å². The van der Waals surface area contributed by atoms with Gasteiger partial charge in [0, 0.05) is 6.04 Å². The number of aromatic nitrogens is 1. The lowest BCUT2D eigenvalue weighted by Crippen LogP contribution is -2.39. The normalized spacial score (nSPS) is 16.2. The number of fused-ring (bicyclic) bond motifs is 2. The Kier molecular flexibility index (Phi) is 5.03. The minimum absolute atomic E-state index is 0.0653. The minimum atomic E-state index is -3.51. The standard InChI is InChI=1S/C19H22N4O4S2/c1-3-11(4-2)21-23-13-9-10-28-17(13)16(24)15(19(23)25)18-20-12-7-5-6-8-14(12)29(26,27)22-18/h5-11,21,24,26-27H,3-4H2,1-2H3,(H,20,22). The zero-order valence-corrected chi connectivity index (χ0v) is 17.5. The SMILES string of the molecule is CCC(CC)Nn1c(=O)c(C2=NS(O)(O)c3ccccc3N2)c(O)c2sccc21. The van der Waals surface area contributed by atoms with Crippen LogP contribution < -0.4 is 16.3 Å². The average Bonchev–Trinajstić information content (AvgIpc) is 3.18. The number of rotatable bonds is 5. The fourth-order valence-corrected chi connectivity index (χ4v) is 5.32. The van der Waals surface area contributed by atoms with Crippen LogP contribution in [-0.4, -0.2) is 30.8 Å². The fourth-order valence-electron chi connectivity index (χ4n) is 3.33. The highest BCUT2D eigenvalue weighted by atomic mass is 32.3. The summed E-state index contributed by atoms with van der Waals surface area (Å²) in [7, 11) is -3.51. The number of hydrogen-bond donors (Lipinski definition) is 5. The molecular formula is C19H22N4O4S2. The molecule has 0 bridgehead atoms. The van der Waals surface area contributed by atoms with Gasteiger partial charge < -0.3 is 15.8 Å². The molecule has 0 spiro atoms. The summed E-state index contributed by atoms with van der Waals surface area (Å²) in [5, 5.41) is 15.6. The average molecular weight is 435 g/mol. The van der Waals surface area contributed by atoms with Gasteiger partial charge in [0.05, 0.1) is 15.9 Å². The van der Waals surface area contributed by atoms with Crippen molar-refractivity contribution in [3.05, 3.63) is 51.6 Å². The van der Waals surface area contributed by atoms with Gasteiger partial charge in [-0.15, -0.1) is 15.7 Å². The summed E-state index contributed by atoms with van der Waals surface area (Å²) in [6, 6.07) is 8.47. The van der Waals surface area contributed by atoms with E-state index in [1.807, 2.05) is 13.8 Å². The van der Waals surface area contributed by atoms with Crippen molar-refractivity contribution in [1.29, 1.82) is 0 Å². The summed E-state index contributed by atoms with van der Waals surface area (Å²) >= 11 is 1.29. The summed E-state index contributed by atoms with van der Waals surface area (Å²) in [6.07, 6.45) is 1.63. The van der Waals surface area contributed by atoms with Crippen LogP contribution in [0.2, 0.25) is 0 Å². The van der Waals surface area contributed by atoms with E-state index in [4.69, 9.17) is 0 Å². The molecule has 0 saturated carbocycles. The number of anilines is 1. The smallest absolute Gasteiger partial charge is 0.284 e. The molecule has 1 aliphatic heterocycles. The number of nitrogens with one attached hydrogen (secondary N) is 2. The quantitative estimate of drug-likeness (QED) is 0.406. The Morgan fingerprint density at radius 2 is 1.97 bits per heavy atom. The highest BCUT2D eigenvalue weighted by molar-refractivity contribution is 8.23. The third-order valence-corrected chi connectivity index (χ3v) is 7.24. The van der Waals surface area contributed by atoms with E-state index in [9.17, 15) is 19.0 Å². The molecule has 8 nitrogen and oxygen atoms in total. The Bertz CT molecular complexity index is 1160. The maximum absolute atomic E-state index is 13.4. The third-order valence-electron chi connectivity index (χ3n) is 4.94. The molecule has 1 aliphatic rings. The van der Waals surface area contributed by atoms with Gasteiger partial charge in [-0.05, 0) is 36.4 Å². The summed E-state index contributed by atoms with van der Waals surface area (Å²) in [5.74, 6) is -0.301. The van der Waals surface area contributed by atoms with Crippen LogP contribution in [0, 0.1) is 0 Å². The van der Waals surface area contributed by atoms with Gasteiger partial charge in [0.1, 0.15) is 10.5 Å². The highest BCUT2D eigenvalue weighted by Gasteiger charge is 2.30. The zero-order chi connectivity index (χ0) is 20.8. The van der Waals surface area contributed by atoms with Crippen LogP contribution in [-0.2, 0) is 0 Å². The molecule has 0 unspecified atom stereocenters. The highest BCUT2D eigenvalue weighted by Crippen LogP contribution is 2.55. The predicted octanol–water partition coefficient (Wildman–Crippen LogP) is 4.40. The largest absolute Gasteiger partial charge is 0.505 e. The zero-order valence-electron chi connectivity index (χ0n) is 15.9. The molecule has 29 heavy (non-hydrogen) atoms.